The molecular weight excluding hydrogens is 295 g/mol. The quantitative estimate of drug-likeness (QED) is 0.511. The van der Waals surface area contributed by atoms with Crippen molar-refractivity contribution in [2.75, 3.05) is 0 Å². The van der Waals surface area contributed by atoms with Gasteiger partial charge in [-0.25, -0.2) is 4.39 Å². The van der Waals surface area contributed by atoms with E-state index in [1.54, 1.807) is 12.1 Å². The van der Waals surface area contributed by atoms with Crippen molar-refractivity contribution in [3.8, 4) is 11.8 Å². The highest BCUT2D eigenvalue weighted by molar-refractivity contribution is 5.39. The Morgan fingerprint density at radius 2 is 1.92 bits per heavy atom. The molecule has 0 atom stereocenters. The summed E-state index contributed by atoms with van der Waals surface area (Å²) in [5.41, 5.74) is 1.55. The molecule has 0 aliphatic heterocycles. The highest BCUT2D eigenvalue weighted by atomic mass is 19.1. The van der Waals surface area contributed by atoms with Gasteiger partial charge in [-0.1, -0.05) is 63.5 Å². The normalized spacial score (nSPS) is 20.8. The summed E-state index contributed by atoms with van der Waals surface area (Å²) in [5.74, 6) is 7.37. The summed E-state index contributed by atoms with van der Waals surface area (Å²) >= 11 is 0. The number of hydrogen-bond donors (Lipinski definition) is 0. The Morgan fingerprint density at radius 3 is 2.58 bits per heavy atom. The third kappa shape index (κ3) is 6.16. The number of hydrogen-bond acceptors (Lipinski definition) is 0. The molecule has 1 aromatic carbocycles. The van der Waals surface area contributed by atoms with Gasteiger partial charge in [0.2, 0.25) is 0 Å². The molecule has 0 nitrogen and oxygen atoms in total. The lowest BCUT2D eigenvalue weighted by Crippen LogP contribution is -2.12. The summed E-state index contributed by atoms with van der Waals surface area (Å²) in [6, 6.07) is 5.41. The highest BCUT2D eigenvalue weighted by Gasteiger charge is 2.18. The summed E-state index contributed by atoms with van der Waals surface area (Å²) in [5, 5.41) is 0. The molecule has 0 radical (unpaired) electrons. The SMILES string of the molecule is CCCCC1CCC(C=CC#Cc2ccc(CCC)cc2F)CC1. The number of allylic oxidation sites excluding steroid dienone is 2. The minimum atomic E-state index is -0.196. The van der Waals surface area contributed by atoms with E-state index in [9.17, 15) is 4.39 Å². The van der Waals surface area contributed by atoms with Gasteiger partial charge in [0.1, 0.15) is 5.82 Å². The molecule has 1 fully saturated rings. The van der Waals surface area contributed by atoms with Gasteiger partial charge in [-0.15, -0.1) is 0 Å². The topological polar surface area (TPSA) is 0 Å². The zero-order valence-electron chi connectivity index (χ0n) is 15.3. The van der Waals surface area contributed by atoms with Crippen LogP contribution in [0.2, 0.25) is 0 Å². The second kappa shape index (κ2) is 10.3. The molecule has 1 aromatic rings. The first-order chi connectivity index (χ1) is 11.7. The standard InChI is InChI=1S/C23H31F/c1-3-5-9-19-12-14-20(15-13-19)10-6-7-11-22-17-16-21(8-4-2)18-23(22)24/h6,10,16-20H,3-5,8-9,12-15H2,1-2H3. The van der Waals surface area contributed by atoms with Crippen LogP contribution in [-0.2, 0) is 6.42 Å². The van der Waals surface area contributed by atoms with E-state index in [2.05, 4.69) is 31.8 Å². The van der Waals surface area contributed by atoms with Gasteiger partial charge < -0.3 is 0 Å². The highest BCUT2D eigenvalue weighted by Crippen LogP contribution is 2.32. The molecule has 1 aliphatic rings. The Hall–Kier alpha value is -1.55. The van der Waals surface area contributed by atoms with Crippen molar-refractivity contribution < 1.29 is 4.39 Å². The van der Waals surface area contributed by atoms with Crippen molar-refractivity contribution in [3.63, 3.8) is 0 Å². The second-order valence-electron chi connectivity index (χ2n) is 7.12. The molecular formula is C23H31F. The van der Waals surface area contributed by atoms with E-state index in [-0.39, 0.29) is 5.82 Å². The van der Waals surface area contributed by atoms with Gasteiger partial charge in [0.25, 0.3) is 0 Å². The van der Waals surface area contributed by atoms with E-state index in [0.717, 1.165) is 24.3 Å². The molecule has 0 bridgehead atoms. The summed E-state index contributed by atoms with van der Waals surface area (Å²) in [6.45, 7) is 4.38. The minimum Gasteiger partial charge on any atom is -0.206 e. The fourth-order valence-electron chi connectivity index (χ4n) is 3.57. The van der Waals surface area contributed by atoms with E-state index >= 15 is 0 Å². The predicted molar refractivity (Wildman–Crippen MR) is 101 cm³/mol. The van der Waals surface area contributed by atoms with Gasteiger partial charge in [-0.3, -0.25) is 0 Å². The minimum absolute atomic E-state index is 0.196. The van der Waals surface area contributed by atoms with Crippen LogP contribution >= 0.6 is 0 Å². The van der Waals surface area contributed by atoms with Crippen LogP contribution in [0.5, 0.6) is 0 Å². The first-order valence-corrected chi connectivity index (χ1v) is 9.69. The molecule has 0 amide bonds. The molecule has 0 unspecified atom stereocenters. The summed E-state index contributed by atoms with van der Waals surface area (Å²) in [6.07, 6.45) is 15.5. The lowest BCUT2D eigenvalue weighted by atomic mass is 9.80. The molecule has 0 saturated heterocycles. The average molecular weight is 326 g/mol. The monoisotopic (exact) mass is 326 g/mol. The zero-order chi connectivity index (χ0) is 17.2. The van der Waals surface area contributed by atoms with Gasteiger partial charge in [0, 0.05) is 0 Å². The number of halogens is 1. The van der Waals surface area contributed by atoms with Crippen molar-refractivity contribution >= 4 is 0 Å². The maximum atomic E-state index is 14.0. The summed E-state index contributed by atoms with van der Waals surface area (Å²) in [4.78, 5) is 0. The molecule has 0 spiro atoms. The third-order valence-electron chi connectivity index (χ3n) is 5.09. The van der Waals surface area contributed by atoms with Gasteiger partial charge in [-0.2, -0.15) is 0 Å². The Balaban J connectivity index is 1.82. The molecule has 0 aromatic heterocycles. The maximum absolute atomic E-state index is 14.0. The molecule has 1 aliphatic carbocycles. The lowest BCUT2D eigenvalue weighted by Gasteiger charge is -2.26. The van der Waals surface area contributed by atoms with E-state index in [0.29, 0.717) is 11.5 Å². The van der Waals surface area contributed by atoms with E-state index in [4.69, 9.17) is 0 Å². The predicted octanol–water partition coefficient (Wildman–Crippen LogP) is 6.68. The molecule has 1 heteroatoms. The van der Waals surface area contributed by atoms with Crippen LogP contribution in [0.4, 0.5) is 4.39 Å². The van der Waals surface area contributed by atoms with Crippen molar-refractivity contribution in [1.82, 2.24) is 0 Å². The second-order valence-corrected chi connectivity index (χ2v) is 7.12. The molecule has 0 heterocycles. The summed E-state index contributed by atoms with van der Waals surface area (Å²) < 4.78 is 14.0. The Morgan fingerprint density at radius 1 is 1.12 bits per heavy atom. The number of rotatable bonds is 6. The van der Waals surface area contributed by atoms with Crippen molar-refractivity contribution in [2.24, 2.45) is 11.8 Å². The van der Waals surface area contributed by atoms with Gasteiger partial charge in [0.15, 0.2) is 0 Å². The first kappa shape index (κ1) is 18.8. The van der Waals surface area contributed by atoms with Crippen molar-refractivity contribution in [2.45, 2.75) is 71.6 Å². The Kier molecular flexibility index (Phi) is 8.10. The van der Waals surface area contributed by atoms with E-state index in [1.807, 2.05) is 12.1 Å². The first-order valence-electron chi connectivity index (χ1n) is 9.69. The molecule has 130 valence electrons. The lowest BCUT2D eigenvalue weighted by molar-refractivity contribution is 0.291. The number of aryl methyl sites for hydroxylation is 1. The van der Waals surface area contributed by atoms with Gasteiger partial charge >= 0.3 is 0 Å². The fourth-order valence-corrected chi connectivity index (χ4v) is 3.57. The number of benzene rings is 1. The Labute approximate surface area is 147 Å². The maximum Gasteiger partial charge on any atom is 0.139 e. The van der Waals surface area contributed by atoms with Crippen LogP contribution in [0.15, 0.2) is 30.4 Å². The molecule has 1 saturated carbocycles. The van der Waals surface area contributed by atoms with Crippen LogP contribution < -0.4 is 0 Å². The fraction of sp³-hybridized carbons (Fsp3) is 0.565. The summed E-state index contributed by atoms with van der Waals surface area (Å²) in [7, 11) is 0. The molecule has 0 N–H and O–H groups in total. The number of unbranched alkanes of at least 4 members (excludes halogenated alkanes) is 1. The van der Waals surface area contributed by atoms with Crippen LogP contribution in [0.25, 0.3) is 0 Å². The molecule has 2 rings (SSSR count). The average Bonchev–Trinajstić information content (AvgIpc) is 2.60. The smallest absolute Gasteiger partial charge is 0.139 e. The van der Waals surface area contributed by atoms with E-state index in [1.165, 1.54) is 44.9 Å². The van der Waals surface area contributed by atoms with E-state index < -0.39 is 0 Å². The van der Waals surface area contributed by atoms with Gasteiger partial charge in [0.05, 0.1) is 5.56 Å². The van der Waals surface area contributed by atoms with Gasteiger partial charge in [-0.05, 0) is 67.7 Å². The largest absolute Gasteiger partial charge is 0.206 e. The Bertz CT molecular complexity index is 580. The zero-order valence-corrected chi connectivity index (χ0v) is 15.3. The van der Waals surface area contributed by atoms with Crippen LogP contribution in [0.3, 0.4) is 0 Å². The third-order valence-corrected chi connectivity index (χ3v) is 5.09. The molecule has 24 heavy (non-hydrogen) atoms. The van der Waals surface area contributed by atoms with Crippen molar-refractivity contribution in [1.29, 1.82) is 0 Å². The van der Waals surface area contributed by atoms with Crippen molar-refractivity contribution in [3.05, 3.63) is 47.3 Å². The van der Waals surface area contributed by atoms with Crippen LogP contribution in [-0.4, -0.2) is 0 Å². The van der Waals surface area contributed by atoms with Crippen LogP contribution in [0.1, 0.15) is 76.3 Å². The van der Waals surface area contributed by atoms with Crippen LogP contribution in [0, 0.1) is 29.5 Å².